The van der Waals surface area contributed by atoms with Crippen LogP contribution in [-0.4, -0.2) is 104 Å². The predicted molar refractivity (Wildman–Crippen MR) is 298 cm³/mol. The molecule has 5 aliphatic rings. The van der Waals surface area contributed by atoms with E-state index in [-0.39, 0.29) is 81.6 Å². The van der Waals surface area contributed by atoms with Crippen molar-refractivity contribution in [1.82, 2.24) is 15.7 Å². The number of imide groups is 1. The summed E-state index contributed by atoms with van der Waals surface area (Å²) in [5.41, 5.74) is 7.20. The van der Waals surface area contributed by atoms with Gasteiger partial charge < -0.3 is 50.0 Å². The molecule has 5 aromatic carbocycles. The molecule has 21 heteroatoms. The van der Waals surface area contributed by atoms with E-state index in [4.69, 9.17) is 28.8 Å². The molecule has 0 spiro atoms. The summed E-state index contributed by atoms with van der Waals surface area (Å²) >= 11 is 0. The van der Waals surface area contributed by atoms with Gasteiger partial charge >= 0.3 is 5.97 Å². The number of para-hydroxylation sites is 2. The maximum Gasteiger partial charge on any atom is 0.333 e. The van der Waals surface area contributed by atoms with Gasteiger partial charge in [0.1, 0.15) is 25.3 Å². The number of amides is 7. The quantitative estimate of drug-likeness (QED) is 0.0457. The Morgan fingerprint density at radius 3 is 1.95 bits per heavy atom. The lowest BCUT2D eigenvalue weighted by atomic mass is 10.0. The number of anilines is 4. The summed E-state index contributed by atoms with van der Waals surface area (Å²) in [7, 11) is 2.98. The monoisotopic (exact) mass is 1100 g/mol. The summed E-state index contributed by atoms with van der Waals surface area (Å²) in [6.07, 6.45) is 3.40. The molecule has 0 radical (unpaired) electrons. The average Bonchev–Trinajstić information content (AvgIpc) is 4.08. The minimum atomic E-state index is -1.09. The number of methoxy groups -OCH3 is 2. The van der Waals surface area contributed by atoms with Crippen molar-refractivity contribution in [3.8, 4) is 23.0 Å². The lowest BCUT2D eigenvalue weighted by Crippen LogP contribution is -2.53. The second-order valence-electron chi connectivity index (χ2n) is 20.8. The molecule has 420 valence electrons. The smallest absolute Gasteiger partial charge is 0.333 e. The first-order chi connectivity index (χ1) is 39.1. The minimum Gasteiger partial charge on any atom is -0.493 e. The number of carbonyl (C=O) groups is 8. The summed E-state index contributed by atoms with van der Waals surface area (Å²) < 4.78 is 24.5. The van der Waals surface area contributed by atoms with Gasteiger partial charge in [-0.2, -0.15) is 0 Å². The molecule has 5 heterocycles. The van der Waals surface area contributed by atoms with Crippen molar-refractivity contribution in [3.05, 3.63) is 124 Å². The first kappa shape index (κ1) is 55.1. The fourth-order valence-corrected chi connectivity index (χ4v) is 10.7. The number of carbonyl (C=O) groups excluding carboxylic acids is 8. The van der Waals surface area contributed by atoms with E-state index in [0.29, 0.717) is 86.8 Å². The van der Waals surface area contributed by atoms with Crippen molar-refractivity contribution >= 4 is 82.0 Å². The molecule has 0 aromatic heterocycles. The Bertz CT molecular complexity index is 3380. The average molecular weight is 1100 g/mol. The van der Waals surface area contributed by atoms with Crippen molar-refractivity contribution in [2.75, 3.05) is 41.2 Å². The lowest BCUT2D eigenvalue weighted by Gasteiger charge is -2.24. The highest BCUT2D eigenvalue weighted by Gasteiger charge is 2.39. The number of hydrogen-bond acceptors (Lipinski definition) is 15. The van der Waals surface area contributed by atoms with E-state index in [1.54, 1.807) is 61.4 Å². The SMILES string of the molecule is COc1cc2c(cc1OCc1cc(COc3cc4c(cc3OC)C(=O)N3c5ccccc5C[C@H]3CN4)cc(NC(=O)C(C)NC(=O)C(NC(=O)CCCCC(=O)ON3C(=O)CCC3=O)C(C)C)c1)N=C[C@@H]1Cc3ccccc3N1C2=O. The van der Waals surface area contributed by atoms with Crippen LogP contribution in [0.25, 0.3) is 0 Å². The van der Waals surface area contributed by atoms with Crippen LogP contribution in [0.2, 0.25) is 0 Å². The maximum absolute atomic E-state index is 14.2. The normalized spacial score (nSPS) is 17.3. The highest BCUT2D eigenvalue weighted by atomic mass is 16.7. The van der Waals surface area contributed by atoms with Gasteiger partial charge in [-0.05, 0) is 96.8 Å². The molecule has 0 saturated carbocycles. The Kier molecular flexibility index (Phi) is 16.0. The number of aliphatic imine (C=N–C) groups is 1. The van der Waals surface area contributed by atoms with Crippen LogP contribution in [0, 0.1) is 5.92 Å². The molecule has 5 aromatic rings. The van der Waals surface area contributed by atoms with E-state index < -0.39 is 47.6 Å². The van der Waals surface area contributed by atoms with Crippen LogP contribution < -0.4 is 50.0 Å². The van der Waals surface area contributed by atoms with E-state index in [1.165, 1.54) is 21.1 Å². The minimum absolute atomic E-state index is 0.0235. The molecule has 1 fully saturated rings. The van der Waals surface area contributed by atoms with Crippen molar-refractivity contribution in [1.29, 1.82) is 0 Å². The molecule has 81 heavy (non-hydrogen) atoms. The Morgan fingerprint density at radius 1 is 0.679 bits per heavy atom. The number of unbranched alkanes of at least 4 members (excludes halogenated alkanes) is 1. The third-order valence-electron chi connectivity index (χ3n) is 14.8. The zero-order chi connectivity index (χ0) is 57.1. The van der Waals surface area contributed by atoms with Gasteiger partial charge in [-0.1, -0.05) is 50.2 Å². The van der Waals surface area contributed by atoms with Gasteiger partial charge in [-0.3, -0.25) is 43.5 Å². The summed E-state index contributed by atoms with van der Waals surface area (Å²) in [4.78, 5) is 118. The molecule has 4 atom stereocenters. The number of ether oxygens (including phenoxy) is 4. The highest BCUT2D eigenvalue weighted by Crippen LogP contribution is 2.43. The largest absolute Gasteiger partial charge is 0.493 e. The molecular weight excluding hydrogens is 1040 g/mol. The molecule has 10 rings (SSSR count). The number of benzene rings is 5. The Balaban J connectivity index is 0.839. The summed E-state index contributed by atoms with van der Waals surface area (Å²) in [5.74, 6) is -3.00. The van der Waals surface area contributed by atoms with Gasteiger partial charge in [-0.15, -0.1) is 5.06 Å². The zero-order valence-electron chi connectivity index (χ0n) is 45.5. The molecule has 4 N–H and O–H groups in total. The molecule has 7 amide bonds. The number of rotatable bonds is 20. The van der Waals surface area contributed by atoms with Crippen molar-refractivity contribution in [2.45, 2.75) is 110 Å². The Morgan fingerprint density at radius 2 is 1.28 bits per heavy atom. The van der Waals surface area contributed by atoms with Crippen molar-refractivity contribution < 1.29 is 62.1 Å². The molecular formula is C60H62N8O13. The Labute approximate surface area is 467 Å². The van der Waals surface area contributed by atoms with Crippen LogP contribution in [0.3, 0.4) is 0 Å². The molecule has 1 saturated heterocycles. The van der Waals surface area contributed by atoms with E-state index in [9.17, 15) is 38.4 Å². The van der Waals surface area contributed by atoms with E-state index >= 15 is 0 Å². The second kappa shape index (κ2) is 23.6. The third kappa shape index (κ3) is 11.7. The molecule has 5 aliphatic heterocycles. The molecule has 2 unspecified atom stereocenters. The maximum atomic E-state index is 14.2. The summed E-state index contributed by atoms with van der Waals surface area (Å²) in [5, 5.41) is 12.3. The number of hydroxylamine groups is 2. The summed E-state index contributed by atoms with van der Waals surface area (Å²) in [6, 6.07) is 25.2. The van der Waals surface area contributed by atoms with Gasteiger partial charge in [0.25, 0.3) is 23.6 Å². The third-order valence-corrected chi connectivity index (χ3v) is 14.8. The van der Waals surface area contributed by atoms with Crippen LogP contribution in [0.4, 0.5) is 28.4 Å². The number of fused-ring (bicyclic) bond motifs is 8. The second-order valence-corrected chi connectivity index (χ2v) is 20.8. The first-order valence-electron chi connectivity index (χ1n) is 27.0. The number of nitrogens with one attached hydrogen (secondary N) is 4. The molecule has 0 aliphatic carbocycles. The lowest BCUT2D eigenvalue weighted by molar-refractivity contribution is -0.197. The van der Waals surface area contributed by atoms with Crippen LogP contribution in [-0.2, 0) is 59.7 Å². The van der Waals surface area contributed by atoms with Gasteiger partial charge in [0.15, 0.2) is 23.0 Å². The number of nitrogens with zero attached hydrogens (tertiary/aromatic N) is 4. The standard InChI is InChI=1S/C60H62N8O13/c1-33(2)56(65-52(69)16-10-11-17-55(72)81-68-53(70)18-19-54(68)71)58(74)63-34(3)57(73)64-39-21-35(31-79-50-27-44-42(25-48(50)77-4)59(75)66-40(29-61-44)23-37-12-6-8-14-46(37)66)20-36(22-39)32-80-51-28-45-43(26-49(51)78-5)60(76)67-41(30-62-45)24-38-13-7-9-15-47(38)67/h6-9,12-15,20-22,25-29,33-34,40-41,56,62H,10-11,16-19,23-24,30-32H2,1-5H3,(H,63,74)(H,64,73)(H,65,69)/t34?,40-,41-,56?/m0/s1. The van der Waals surface area contributed by atoms with Crippen molar-refractivity contribution in [2.24, 2.45) is 10.9 Å². The highest BCUT2D eigenvalue weighted by molar-refractivity contribution is 6.15. The van der Waals surface area contributed by atoms with Crippen LogP contribution in [0.5, 0.6) is 23.0 Å². The van der Waals surface area contributed by atoms with Gasteiger partial charge in [-0.25, -0.2) is 4.79 Å². The predicted octanol–water partition coefficient (Wildman–Crippen LogP) is 6.90. The van der Waals surface area contributed by atoms with Gasteiger partial charge in [0.05, 0.1) is 48.8 Å². The van der Waals surface area contributed by atoms with Crippen LogP contribution in [0.1, 0.15) is 102 Å². The van der Waals surface area contributed by atoms with Crippen LogP contribution in [0.15, 0.2) is 96.0 Å². The van der Waals surface area contributed by atoms with Gasteiger partial charge in [0, 0.05) is 74.1 Å². The topological polar surface area (TPSA) is 253 Å². The Hall–Kier alpha value is -9.27. The van der Waals surface area contributed by atoms with Crippen molar-refractivity contribution in [3.63, 3.8) is 0 Å². The fourth-order valence-electron chi connectivity index (χ4n) is 10.7. The molecule has 21 nitrogen and oxygen atoms in total. The van der Waals surface area contributed by atoms with E-state index in [2.05, 4.69) is 21.3 Å². The summed E-state index contributed by atoms with van der Waals surface area (Å²) in [6.45, 7) is 5.44. The van der Waals surface area contributed by atoms with E-state index in [1.807, 2.05) is 59.5 Å². The van der Waals surface area contributed by atoms with Crippen LogP contribution >= 0.6 is 0 Å². The fraction of sp³-hybridized carbons (Fsp3) is 0.350. The first-order valence-corrected chi connectivity index (χ1v) is 27.0. The van der Waals surface area contributed by atoms with E-state index in [0.717, 1.165) is 22.5 Å². The number of hydrogen-bond donors (Lipinski definition) is 4. The zero-order valence-corrected chi connectivity index (χ0v) is 45.5. The molecule has 0 bridgehead atoms. The van der Waals surface area contributed by atoms with Gasteiger partial charge in [0.2, 0.25) is 17.7 Å².